The number of aromatic nitrogens is 4. The van der Waals surface area contributed by atoms with Crippen molar-refractivity contribution in [1.29, 1.82) is 0 Å². The average molecular weight is 382 g/mol. The van der Waals surface area contributed by atoms with E-state index in [0.29, 0.717) is 19.1 Å². The van der Waals surface area contributed by atoms with Gasteiger partial charge < -0.3 is 9.30 Å². The Kier molecular flexibility index (Phi) is 5.85. The molecule has 0 fully saturated rings. The number of hydrogen-bond acceptors (Lipinski definition) is 6. The van der Waals surface area contributed by atoms with Crippen molar-refractivity contribution >= 4 is 28.9 Å². The van der Waals surface area contributed by atoms with Gasteiger partial charge in [0, 0.05) is 20.7 Å². The Labute approximate surface area is 161 Å². The van der Waals surface area contributed by atoms with Crippen LogP contribution < -0.4 is 16.7 Å². The molecular weight excluding hydrogens is 360 g/mol. The molecule has 0 amide bonds. The first-order chi connectivity index (χ1) is 13.5. The van der Waals surface area contributed by atoms with E-state index in [2.05, 4.69) is 20.5 Å². The predicted octanol–water partition coefficient (Wildman–Crippen LogP) is 1.57. The molecule has 9 heteroatoms. The van der Waals surface area contributed by atoms with Crippen LogP contribution in [0.4, 0.5) is 5.95 Å². The fourth-order valence-corrected chi connectivity index (χ4v) is 2.68. The molecule has 9 nitrogen and oxygen atoms in total. The summed E-state index contributed by atoms with van der Waals surface area (Å²) in [5.41, 5.74) is 4.21. The van der Waals surface area contributed by atoms with Gasteiger partial charge in [0.25, 0.3) is 5.56 Å². The topological polar surface area (TPSA) is 106 Å². The molecule has 0 atom stereocenters. The van der Waals surface area contributed by atoms with Crippen LogP contribution in [0, 0.1) is 0 Å². The zero-order valence-corrected chi connectivity index (χ0v) is 16.0. The Morgan fingerprint density at radius 1 is 1.32 bits per heavy atom. The van der Waals surface area contributed by atoms with E-state index in [-0.39, 0.29) is 11.2 Å². The van der Waals surface area contributed by atoms with Crippen molar-refractivity contribution in [3.8, 4) is 0 Å². The minimum Gasteiger partial charge on any atom is -0.383 e. The van der Waals surface area contributed by atoms with Crippen molar-refractivity contribution in [3.05, 3.63) is 62.8 Å². The minimum absolute atomic E-state index is 0.278. The molecule has 0 aliphatic heterocycles. The van der Waals surface area contributed by atoms with Gasteiger partial charge in [0.15, 0.2) is 11.2 Å². The summed E-state index contributed by atoms with van der Waals surface area (Å²) in [4.78, 5) is 30.8. The lowest BCUT2D eigenvalue weighted by Gasteiger charge is -2.07. The summed E-state index contributed by atoms with van der Waals surface area (Å²) >= 11 is 0. The number of rotatable bonds is 7. The number of aromatic amines is 1. The third-order valence-electron chi connectivity index (χ3n) is 4.17. The molecule has 0 saturated carbocycles. The number of aryl methyl sites for hydroxylation is 1. The molecular formula is C19H22N6O3. The summed E-state index contributed by atoms with van der Waals surface area (Å²) in [6, 6.07) is 9.87. The molecule has 3 rings (SSSR count). The van der Waals surface area contributed by atoms with Gasteiger partial charge in [-0.3, -0.25) is 14.3 Å². The van der Waals surface area contributed by atoms with E-state index in [4.69, 9.17) is 4.74 Å². The molecule has 0 bridgehead atoms. The molecule has 0 aliphatic carbocycles. The summed E-state index contributed by atoms with van der Waals surface area (Å²) in [7, 11) is 3.12. The van der Waals surface area contributed by atoms with Crippen LogP contribution in [-0.4, -0.2) is 38.5 Å². The number of anilines is 1. The third-order valence-corrected chi connectivity index (χ3v) is 4.17. The van der Waals surface area contributed by atoms with E-state index in [1.54, 1.807) is 18.7 Å². The van der Waals surface area contributed by atoms with Crippen molar-refractivity contribution in [3.63, 3.8) is 0 Å². The maximum Gasteiger partial charge on any atom is 0.329 e. The first kappa shape index (κ1) is 19.3. The van der Waals surface area contributed by atoms with Gasteiger partial charge in [-0.05, 0) is 18.6 Å². The molecule has 0 saturated heterocycles. The van der Waals surface area contributed by atoms with Gasteiger partial charge in [-0.1, -0.05) is 36.4 Å². The monoisotopic (exact) mass is 382 g/mol. The van der Waals surface area contributed by atoms with Crippen molar-refractivity contribution in [2.24, 2.45) is 12.1 Å². The summed E-state index contributed by atoms with van der Waals surface area (Å²) in [5.74, 6) is 0.353. The molecule has 0 radical (unpaired) electrons. The smallest absolute Gasteiger partial charge is 0.329 e. The molecule has 2 N–H and O–H groups in total. The molecule has 146 valence electrons. The van der Waals surface area contributed by atoms with Crippen LogP contribution in [-0.2, 0) is 18.3 Å². The highest BCUT2D eigenvalue weighted by molar-refractivity contribution is 5.96. The number of imidazole rings is 1. The Balaban J connectivity index is 1.94. The molecule has 1 aromatic carbocycles. The number of hydrogen-bond donors (Lipinski definition) is 2. The molecule has 28 heavy (non-hydrogen) atoms. The van der Waals surface area contributed by atoms with Crippen LogP contribution in [0.2, 0.25) is 0 Å². The average Bonchev–Trinajstić information content (AvgIpc) is 3.07. The maximum absolute atomic E-state index is 12.3. The standard InChI is InChI=1S/C19H22N6O3/c1-13(9-10-14-7-5-4-6-8-14)22-23-18-20-16-15(25(18)11-12-28-3)17(26)21-19(27)24(16)2/h4-10H,11-12H2,1-3H3,(H,20,23)(H,21,26,27)/b10-9+,22-13?. The Morgan fingerprint density at radius 3 is 2.79 bits per heavy atom. The SMILES string of the molecule is COCCn1c(NN=C(C)/C=C/c2ccccc2)nc2c1c(=O)[nH]c(=O)n2C. The van der Waals surface area contributed by atoms with E-state index in [1.807, 2.05) is 49.4 Å². The van der Waals surface area contributed by atoms with Crippen LogP contribution in [0.1, 0.15) is 12.5 Å². The van der Waals surface area contributed by atoms with Crippen LogP contribution in [0.5, 0.6) is 0 Å². The second-order valence-electron chi connectivity index (χ2n) is 6.18. The number of allylic oxidation sites excluding steroid dienone is 1. The molecule has 0 aliphatic rings. The molecule has 2 heterocycles. The van der Waals surface area contributed by atoms with Crippen molar-refractivity contribution in [1.82, 2.24) is 19.1 Å². The van der Waals surface area contributed by atoms with Gasteiger partial charge in [0.05, 0.1) is 12.3 Å². The third kappa shape index (κ3) is 4.09. The van der Waals surface area contributed by atoms with Gasteiger partial charge in [-0.25, -0.2) is 10.2 Å². The fourth-order valence-electron chi connectivity index (χ4n) is 2.68. The van der Waals surface area contributed by atoms with Crippen LogP contribution in [0.3, 0.4) is 0 Å². The van der Waals surface area contributed by atoms with Crippen molar-refractivity contribution in [2.45, 2.75) is 13.5 Å². The lowest BCUT2D eigenvalue weighted by Crippen LogP contribution is -2.29. The Morgan fingerprint density at radius 2 is 2.07 bits per heavy atom. The molecule has 0 spiro atoms. The Bertz CT molecular complexity index is 1140. The van der Waals surface area contributed by atoms with E-state index in [1.165, 1.54) is 4.57 Å². The number of methoxy groups -OCH3 is 1. The predicted molar refractivity (Wildman–Crippen MR) is 110 cm³/mol. The zero-order valence-electron chi connectivity index (χ0n) is 16.0. The van der Waals surface area contributed by atoms with Gasteiger partial charge in [0.2, 0.25) is 5.95 Å². The first-order valence-electron chi connectivity index (χ1n) is 8.73. The number of ether oxygens (including phenoxy) is 1. The van der Waals surface area contributed by atoms with Crippen LogP contribution in [0.15, 0.2) is 51.1 Å². The number of benzene rings is 1. The summed E-state index contributed by atoms with van der Waals surface area (Å²) in [5, 5.41) is 4.31. The molecule has 2 aromatic heterocycles. The lowest BCUT2D eigenvalue weighted by molar-refractivity contribution is 0.188. The summed E-state index contributed by atoms with van der Waals surface area (Å²) in [6.45, 7) is 2.60. The fraction of sp³-hybridized carbons (Fsp3) is 0.263. The Hall–Kier alpha value is -3.46. The number of hydrazone groups is 1. The second-order valence-corrected chi connectivity index (χ2v) is 6.18. The highest BCUT2D eigenvalue weighted by Gasteiger charge is 2.16. The zero-order chi connectivity index (χ0) is 20.1. The van der Waals surface area contributed by atoms with Crippen LogP contribution >= 0.6 is 0 Å². The van der Waals surface area contributed by atoms with Gasteiger partial charge in [0.1, 0.15) is 0 Å². The first-order valence-corrected chi connectivity index (χ1v) is 8.73. The lowest BCUT2D eigenvalue weighted by atomic mass is 10.2. The largest absolute Gasteiger partial charge is 0.383 e. The quantitative estimate of drug-likeness (QED) is 0.477. The van der Waals surface area contributed by atoms with Crippen molar-refractivity contribution in [2.75, 3.05) is 19.1 Å². The van der Waals surface area contributed by atoms with E-state index < -0.39 is 11.2 Å². The van der Waals surface area contributed by atoms with Crippen LogP contribution in [0.25, 0.3) is 17.2 Å². The number of nitrogens with zero attached hydrogens (tertiary/aromatic N) is 4. The van der Waals surface area contributed by atoms with E-state index in [9.17, 15) is 9.59 Å². The highest BCUT2D eigenvalue weighted by Crippen LogP contribution is 2.15. The maximum atomic E-state index is 12.3. The van der Waals surface area contributed by atoms with Gasteiger partial charge in [-0.2, -0.15) is 10.1 Å². The minimum atomic E-state index is -0.522. The van der Waals surface area contributed by atoms with E-state index >= 15 is 0 Å². The molecule has 0 unspecified atom stereocenters. The number of nitrogens with one attached hydrogen (secondary N) is 2. The second kappa shape index (κ2) is 8.49. The normalized spacial score (nSPS) is 12.2. The summed E-state index contributed by atoms with van der Waals surface area (Å²) < 4.78 is 8.06. The van der Waals surface area contributed by atoms with Crippen molar-refractivity contribution < 1.29 is 4.74 Å². The van der Waals surface area contributed by atoms with Gasteiger partial charge in [-0.15, -0.1) is 0 Å². The van der Waals surface area contributed by atoms with Gasteiger partial charge >= 0.3 is 5.69 Å². The number of H-pyrrole nitrogens is 1. The highest BCUT2D eigenvalue weighted by atomic mass is 16.5. The molecule has 3 aromatic rings. The number of fused-ring (bicyclic) bond motifs is 1. The van der Waals surface area contributed by atoms with E-state index in [0.717, 1.165) is 11.3 Å². The summed E-state index contributed by atoms with van der Waals surface area (Å²) in [6.07, 6.45) is 3.82.